The standard InChI is InChI=1S/C17H31NO5/c1-11(8-6-7-9-15(21)18-17(3,4)5)22-16-14(20)10-13(19)12(2)23-16/h7,9,11-14,16,19-20H,6,8,10H2,1-5H3,(H,18,21)/b9-7+/t11-,12+,13-,14-,16-/m1/s1. The highest BCUT2D eigenvalue weighted by Gasteiger charge is 2.35. The van der Waals surface area contributed by atoms with Crippen LogP contribution in [0.2, 0.25) is 0 Å². The van der Waals surface area contributed by atoms with Crippen LogP contribution in [0.1, 0.15) is 53.9 Å². The molecule has 1 rings (SSSR count). The molecule has 134 valence electrons. The van der Waals surface area contributed by atoms with Gasteiger partial charge >= 0.3 is 0 Å². The fourth-order valence-electron chi connectivity index (χ4n) is 2.30. The predicted molar refractivity (Wildman–Crippen MR) is 87.8 cm³/mol. The first-order chi connectivity index (χ1) is 10.6. The van der Waals surface area contributed by atoms with Gasteiger partial charge in [-0.05, 0) is 53.5 Å². The SMILES string of the molecule is C[C@H](CC/C=C/C(=O)NC(C)(C)C)O[C@@H]1O[C@@H](C)[C@H](O)C[C@H]1O. The summed E-state index contributed by atoms with van der Waals surface area (Å²) in [5.74, 6) is -0.111. The molecule has 6 heteroatoms. The van der Waals surface area contributed by atoms with Gasteiger partial charge in [-0.3, -0.25) is 4.79 Å². The van der Waals surface area contributed by atoms with Crippen molar-refractivity contribution in [3.05, 3.63) is 12.2 Å². The van der Waals surface area contributed by atoms with Crippen LogP contribution in [0.4, 0.5) is 0 Å². The zero-order valence-electron chi connectivity index (χ0n) is 14.8. The Hall–Kier alpha value is -0.950. The van der Waals surface area contributed by atoms with Gasteiger partial charge in [0.25, 0.3) is 0 Å². The highest BCUT2D eigenvalue weighted by Crippen LogP contribution is 2.22. The topological polar surface area (TPSA) is 88.0 Å². The fraction of sp³-hybridized carbons (Fsp3) is 0.824. The summed E-state index contributed by atoms with van der Waals surface area (Å²) in [7, 11) is 0. The van der Waals surface area contributed by atoms with Gasteiger partial charge in [0.05, 0.1) is 18.3 Å². The minimum absolute atomic E-state index is 0.111. The number of carbonyl (C=O) groups excluding carboxylic acids is 1. The van der Waals surface area contributed by atoms with Crippen LogP contribution in [0, 0.1) is 0 Å². The molecule has 0 bridgehead atoms. The second-order valence-corrected chi connectivity index (χ2v) is 7.25. The van der Waals surface area contributed by atoms with Crippen LogP contribution in [0.3, 0.4) is 0 Å². The van der Waals surface area contributed by atoms with Crippen molar-refractivity contribution in [2.75, 3.05) is 0 Å². The molecule has 0 aliphatic carbocycles. The predicted octanol–water partition coefficient (Wildman–Crippen LogP) is 1.50. The molecule has 5 atom stereocenters. The van der Waals surface area contributed by atoms with Crippen LogP contribution in [0.15, 0.2) is 12.2 Å². The Kier molecular flexibility index (Phi) is 7.67. The van der Waals surface area contributed by atoms with Crippen molar-refractivity contribution in [3.63, 3.8) is 0 Å². The Balaban J connectivity index is 2.29. The highest BCUT2D eigenvalue weighted by molar-refractivity contribution is 5.87. The highest BCUT2D eigenvalue weighted by atomic mass is 16.7. The van der Waals surface area contributed by atoms with Gasteiger partial charge in [-0.15, -0.1) is 0 Å². The van der Waals surface area contributed by atoms with Gasteiger partial charge in [0.15, 0.2) is 6.29 Å². The first kappa shape index (κ1) is 20.1. The monoisotopic (exact) mass is 329 g/mol. The molecule has 1 heterocycles. The lowest BCUT2D eigenvalue weighted by Crippen LogP contribution is -2.48. The van der Waals surface area contributed by atoms with Gasteiger partial charge in [-0.25, -0.2) is 0 Å². The summed E-state index contributed by atoms with van der Waals surface area (Å²) in [5.41, 5.74) is -0.243. The maximum Gasteiger partial charge on any atom is 0.244 e. The van der Waals surface area contributed by atoms with Crippen LogP contribution >= 0.6 is 0 Å². The molecular weight excluding hydrogens is 298 g/mol. The summed E-state index contributed by atoms with van der Waals surface area (Å²) in [6.07, 6.45) is 2.34. The molecule has 3 N–H and O–H groups in total. The molecule has 0 aromatic rings. The van der Waals surface area contributed by atoms with Crippen LogP contribution in [-0.2, 0) is 14.3 Å². The van der Waals surface area contributed by atoms with Crippen molar-refractivity contribution >= 4 is 5.91 Å². The number of ether oxygens (including phenoxy) is 2. The first-order valence-corrected chi connectivity index (χ1v) is 8.24. The Morgan fingerprint density at radius 1 is 1.39 bits per heavy atom. The molecule has 1 fully saturated rings. The fourth-order valence-corrected chi connectivity index (χ4v) is 2.30. The molecule has 0 aromatic carbocycles. The molecule has 1 aliphatic rings. The maximum atomic E-state index is 11.6. The van der Waals surface area contributed by atoms with E-state index in [-0.39, 0.29) is 30.1 Å². The van der Waals surface area contributed by atoms with E-state index in [0.29, 0.717) is 12.8 Å². The van der Waals surface area contributed by atoms with E-state index in [1.165, 1.54) is 6.08 Å². The van der Waals surface area contributed by atoms with E-state index in [4.69, 9.17) is 9.47 Å². The summed E-state index contributed by atoms with van der Waals surface area (Å²) in [6, 6.07) is 0. The molecule has 23 heavy (non-hydrogen) atoms. The number of allylic oxidation sites excluding steroid dienone is 1. The van der Waals surface area contributed by atoms with Crippen molar-refractivity contribution in [3.8, 4) is 0 Å². The summed E-state index contributed by atoms with van der Waals surface area (Å²) in [5, 5.41) is 22.4. The third-order valence-electron chi connectivity index (χ3n) is 3.56. The van der Waals surface area contributed by atoms with Crippen molar-refractivity contribution in [2.45, 2.75) is 90.1 Å². The zero-order valence-corrected chi connectivity index (χ0v) is 14.8. The minimum atomic E-state index is -0.822. The first-order valence-electron chi connectivity index (χ1n) is 8.24. The lowest BCUT2D eigenvalue weighted by molar-refractivity contribution is -0.273. The van der Waals surface area contributed by atoms with Gasteiger partial charge in [0.2, 0.25) is 5.91 Å². The summed E-state index contributed by atoms with van der Waals surface area (Å²) in [6.45, 7) is 9.45. The Bertz CT molecular complexity index is 404. The van der Waals surface area contributed by atoms with E-state index in [0.717, 1.165) is 0 Å². The molecule has 1 aliphatic heterocycles. The maximum absolute atomic E-state index is 11.6. The van der Waals surface area contributed by atoms with Gasteiger partial charge in [-0.1, -0.05) is 6.08 Å². The zero-order chi connectivity index (χ0) is 17.6. The minimum Gasteiger partial charge on any atom is -0.390 e. The van der Waals surface area contributed by atoms with Crippen LogP contribution in [0.25, 0.3) is 0 Å². The smallest absolute Gasteiger partial charge is 0.244 e. The number of hydrogen-bond acceptors (Lipinski definition) is 5. The number of rotatable bonds is 6. The van der Waals surface area contributed by atoms with E-state index >= 15 is 0 Å². The number of aliphatic hydroxyl groups is 2. The number of amides is 1. The third-order valence-corrected chi connectivity index (χ3v) is 3.56. The third kappa shape index (κ3) is 7.92. The molecule has 1 saturated heterocycles. The number of nitrogens with one attached hydrogen (secondary N) is 1. The van der Waals surface area contributed by atoms with Crippen molar-refractivity contribution in [2.24, 2.45) is 0 Å². The van der Waals surface area contributed by atoms with Crippen molar-refractivity contribution in [1.82, 2.24) is 5.32 Å². The summed E-state index contributed by atoms with van der Waals surface area (Å²) in [4.78, 5) is 11.6. The molecule has 0 saturated carbocycles. The Labute approximate surface area is 138 Å². The summed E-state index contributed by atoms with van der Waals surface area (Å²) >= 11 is 0. The van der Waals surface area contributed by atoms with E-state index in [2.05, 4.69) is 5.32 Å². The summed E-state index contributed by atoms with van der Waals surface area (Å²) < 4.78 is 11.2. The van der Waals surface area contributed by atoms with E-state index in [1.54, 1.807) is 6.92 Å². The molecule has 1 amide bonds. The largest absolute Gasteiger partial charge is 0.390 e. The van der Waals surface area contributed by atoms with E-state index < -0.39 is 18.5 Å². The van der Waals surface area contributed by atoms with Crippen LogP contribution < -0.4 is 5.32 Å². The van der Waals surface area contributed by atoms with Crippen molar-refractivity contribution < 1.29 is 24.5 Å². The van der Waals surface area contributed by atoms with E-state index in [9.17, 15) is 15.0 Å². The van der Waals surface area contributed by atoms with Gasteiger partial charge in [-0.2, -0.15) is 0 Å². The Morgan fingerprint density at radius 2 is 2.04 bits per heavy atom. The lowest BCUT2D eigenvalue weighted by atomic mass is 10.0. The quantitative estimate of drug-likeness (QED) is 0.643. The van der Waals surface area contributed by atoms with Crippen LogP contribution in [0.5, 0.6) is 0 Å². The molecule has 0 radical (unpaired) electrons. The average Bonchev–Trinajstić information content (AvgIpc) is 2.39. The molecule has 0 spiro atoms. The van der Waals surface area contributed by atoms with Gasteiger partial charge in [0.1, 0.15) is 6.10 Å². The van der Waals surface area contributed by atoms with Crippen molar-refractivity contribution in [1.29, 1.82) is 0 Å². The van der Waals surface area contributed by atoms with Gasteiger partial charge in [0, 0.05) is 12.0 Å². The van der Waals surface area contributed by atoms with E-state index in [1.807, 2.05) is 33.8 Å². The lowest BCUT2D eigenvalue weighted by Gasteiger charge is -2.36. The number of hydrogen-bond donors (Lipinski definition) is 3. The number of aliphatic hydroxyl groups excluding tert-OH is 2. The molecule has 0 aromatic heterocycles. The number of carbonyl (C=O) groups is 1. The molecular formula is C17H31NO5. The van der Waals surface area contributed by atoms with Crippen LogP contribution in [-0.4, -0.2) is 52.4 Å². The second kappa shape index (κ2) is 8.78. The normalized spacial score (nSPS) is 30.4. The second-order valence-electron chi connectivity index (χ2n) is 7.25. The average molecular weight is 329 g/mol. The molecule has 6 nitrogen and oxygen atoms in total. The molecule has 0 unspecified atom stereocenters. The van der Waals surface area contributed by atoms with Gasteiger partial charge < -0.3 is 25.0 Å². The Morgan fingerprint density at radius 3 is 2.65 bits per heavy atom.